The lowest BCUT2D eigenvalue weighted by atomic mass is 9.96. The first-order valence-corrected chi connectivity index (χ1v) is 5.64. The lowest BCUT2D eigenvalue weighted by Gasteiger charge is -2.09. The summed E-state index contributed by atoms with van der Waals surface area (Å²) in [4.78, 5) is 0. The van der Waals surface area contributed by atoms with Crippen LogP contribution in [0.4, 0.5) is 0 Å². The standard InChI is InChI=1S/C15H17/c1-3-4-8-14-12(2)10-11-13-7-5-6-9-15(13)14/h5-11H,3-4H2,1-2H3. The molecule has 0 spiro atoms. The molecule has 2 aromatic rings. The molecule has 0 heteroatoms. The Labute approximate surface area is 91.9 Å². The van der Waals surface area contributed by atoms with Gasteiger partial charge in [-0.05, 0) is 41.7 Å². The highest BCUT2D eigenvalue weighted by molar-refractivity contribution is 5.87. The summed E-state index contributed by atoms with van der Waals surface area (Å²) >= 11 is 0. The van der Waals surface area contributed by atoms with Gasteiger partial charge >= 0.3 is 0 Å². The van der Waals surface area contributed by atoms with E-state index >= 15 is 0 Å². The van der Waals surface area contributed by atoms with Gasteiger partial charge < -0.3 is 0 Å². The Hall–Kier alpha value is -1.30. The quantitative estimate of drug-likeness (QED) is 0.679. The van der Waals surface area contributed by atoms with Crippen LogP contribution in [0.1, 0.15) is 30.9 Å². The second kappa shape index (κ2) is 4.48. The monoisotopic (exact) mass is 197 g/mol. The molecule has 0 bridgehead atoms. The van der Waals surface area contributed by atoms with Crippen molar-refractivity contribution >= 4 is 10.8 Å². The van der Waals surface area contributed by atoms with Gasteiger partial charge in [-0.1, -0.05) is 49.7 Å². The molecule has 77 valence electrons. The average Bonchev–Trinajstić information content (AvgIpc) is 2.28. The third-order valence-electron chi connectivity index (χ3n) is 2.83. The minimum absolute atomic E-state index is 1.16. The van der Waals surface area contributed by atoms with Crippen LogP contribution in [0.5, 0.6) is 0 Å². The third-order valence-corrected chi connectivity index (χ3v) is 2.83. The summed E-state index contributed by atoms with van der Waals surface area (Å²) in [6.07, 6.45) is 4.73. The van der Waals surface area contributed by atoms with Crippen LogP contribution in [0.3, 0.4) is 0 Å². The normalized spacial score (nSPS) is 10.8. The molecule has 0 heterocycles. The topological polar surface area (TPSA) is 0 Å². The zero-order valence-electron chi connectivity index (χ0n) is 9.46. The Balaban J connectivity index is 2.53. The molecule has 0 nitrogen and oxygen atoms in total. The molecule has 0 unspecified atom stereocenters. The molecular weight excluding hydrogens is 180 g/mol. The van der Waals surface area contributed by atoms with Crippen LogP contribution in [0.15, 0.2) is 36.4 Å². The highest BCUT2D eigenvalue weighted by atomic mass is 14.1. The average molecular weight is 197 g/mol. The maximum Gasteiger partial charge on any atom is -0.00841 e. The molecule has 2 aromatic carbocycles. The maximum atomic E-state index is 2.36. The van der Waals surface area contributed by atoms with Crippen molar-refractivity contribution in [3.05, 3.63) is 53.9 Å². The number of rotatable bonds is 3. The van der Waals surface area contributed by atoms with Crippen LogP contribution in [0, 0.1) is 13.3 Å². The van der Waals surface area contributed by atoms with E-state index in [1.807, 2.05) is 0 Å². The molecule has 15 heavy (non-hydrogen) atoms. The van der Waals surface area contributed by atoms with Gasteiger partial charge in [0.1, 0.15) is 0 Å². The van der Waals surface area contributed by atoms with E-state index in [0.29, 0.717) is 0 Å². The first kappa shape index (κ1) is 10.2. The van der Waals surface area contributed by atoms with Gasteiger partial charge in [0.25, 0.3) is 0 Å². The van der Waals surface area contributed by atoms with E-state index in [2.05, 4.69) is 56.7 Å². The molecule has 0 aromatic heterocycles. The summed E-state index contributed by atoms with van der Waals surface area (Å²) in [5.74, 6) is 0. The zero-order chi connectivity index (χ0) is 10.7. The van der Waals surface area contributed by atoms with Crippen molar-refractivity contribution in [3.63, 3.8) is 0 Å². The molecule has 0 aliphatic rings. The van der Waals surface area contributed by atoms with Crippen molar-refractivity contribution in [3.8, 4) is 0 Å². The molecule has 0 aliphatic carbocycles. The summed E-state index contributed by atoms with van der Waals surface area (Å²) < 4.78 is 0. The molecular formula is C15H17. The number of hydrogen-bond acceptors (Lipinski definition) is 0. The van der Waals surface area contributed by atoms with Crippen LogP contribution in [-0.2, 0) is 0 Å². The highest BCUT2D eigenvalue weighted by Crippen LogP contribution is 2.24. The maximum absolute atomic E-state index is 2.36. The molecule has 1 radical (unpaired) electrons. The largest absolute Gasteiger partial charge is 0.0654 e. The summed E-state index contributed by atoms with van der Waals surface area (Å²) in [6.45, 7) is 4.41. The minimum Gasteiger partial charge on any atom is -0.0654 e. The lowest BCUT2D eigenvalue weighted by Crippen LogP contribution is -1.89. The number of unbranched alkanes of at least 4 members (excludes halogenated alkanes) is 1. The summed E-state index contributed by atoms with van der Waals surface area (Å²) in [5, 5.41) is 2.72. The molecule has 0 aliphatic heterocycles. The number of benzene rings is 2. The van der Waals surface area contributed by atoms with E-state index < -0.39 is 0 Å². The molecule has 0 amide bonds. The van der Waals surface area contributed by atoms with Gasteiger partial charge in [-0.15, -0.1) is 0 Å². The highest BCUT2D eigenvalue weighted by Gasteiger charge is 2.03. The third kappa shape index (κ3) is 2.04. The SMILES string of the molecule is CCC[CH]c1c(C)ccc2ccccc12. The van der Waals surface area contributed by atoms with E-state index in [-0.39, 0.29) is 0 Å². The van der Waals surface area contributed by atoms with Crippen molar-refractivity contribution in [2.24, 2.45) is 0 Å². The van der Waals surface area contributed by atoms with Crippen LogP contribution in [0.25, 0.3) is 10.8 Å². The molecule has 0 saturated heterocycles. The van der Waals surface area contributed by atoms with Gasteiger partial charge in [-0.2, -0.15) is 0 Å². The molecule has 0 N–H and O–H groups in total. The van der Waals surface area contributed by atoms with Gasteiger partial charge in [-0.3, -0.25) is 0 Å². The molecule has 0 fully saturated rings. The summed E-state index contributed by atoms with van der Waals surface area (Å²) in [7, 11) is 0. The van der Waals surface area contributed by atoms with E-state index in [1.54, 1.807) is 0 Å². The minimum atomic E-state index is 1.16. The van der Waals surface area contributed by atoms with Crippen molar-refractivity contribution in [1.29, 1.82) is 0 Å². The Bertz CT molecular complexity index is 455. The summed E-state index contributed by atoms with van der Waals surface area (Å²) in [6, 6.07) is 13.0. The van der Waals surface area contributed by atoms with Crippen LogP contribution < -0.4 is 0 Å². The van der Waals surface area contributed by atoms with Gasteiger partial charge in [0.2, 0.25) is 0 Å². The fourth-order valence-corrected chi connectivity index (χ4v) is 1.96. The Morgan fingerprint density at radius 1 is 1.07 bits per heavy atom. The fraction of sp³-hybridized carbons (Fsp3) is 0.267. The molecule has 0 atom stereocenters. The molecule has 0 saturated carbocycles. The smallest absolute Gasteiger partial charge is 0.00841 e. The number of fused-ring (bicyclic) bond motifs is 1. The summed E-state index contributed by atoms with van der Waals surface area (Å²) in [5.41, 5.74) is 2.79. The molecule has 2 rings (SSSR count). The predicted molar refractivity (Wildman–Crippen MR) is 67.0 cm³/mol. The van der Waals surface area contributed by atoms with Crippen LogP contribution in [0.2, 0.25) is 0 Å². The second-order valence-corrected chi connectivity index (χ2v) is 4.01. The first-order chi connectivity index (χ1) is 7.33. The van der Waals surface area contributed by atoms with E-state index in [4.69, 9.17) is 0 Å². The van der Waals surface area contributed by atoms with Gasteiger partial charge in [0, 0.05) is 0 Å². The zero-order valence-corrected chi connectivity index (χ0v) is 9.46. The van der Waals surface area contributed by atoms with Crippen molar-refractivity contribution in [2.75, 3.05) is 0 Å². The Kier molecular flexibility index (Phi) is 3.05. The second-order valence-electron chi connectivity index (χ2n) is 4.01. The lowest BCUT2D eigenvalue weighted by molar-refractivity contribution is 0.913. The van der Waals surface area contributed by atoms with Gasteiger partial charge in [0.05, 0.1) is 0 Å². The first-order valence-electron chi connectivity index (χ1n) is 5.64. The van der Waals surface area contributed by atoms with Crippen molar-refractivity contribution in [1.82, 2.24) is 0 Å². The van der Waals surface area contributed by atoms with Crippen molar-refractivity contribution < 1.29 is 0 Å². The van der Waals surface area contributed by atoms with E-state index in [0.717, 1.165) is 6.42 Å². The van der Waals surface area contributed by atoms with Crippen molar-refractivity contribution in [2.45, 2.75) is 26.7 Å². The number of aryl methyl sites for hydroxylation is 1. The van der Waals surface area contributed by atoms with Gasteiger partial charge in [-0.25, -0.2) is 0 Å². The van der Waals surface area contributed by atoms with E-state index in [1.165, 1.54) is 28.3 Å². The Morgan fingerprint density at radius 2 is 1.87 bits per heavy atom. The fourth-order valence-electron chi connectivity index (χ4n) is 1.96. The van der Waals surface area contributed by atoms with Crippen LogP contribution >= 0.6 is 0 Å². The van der Waals surface area contributed by atoms with E-state index in [9.17, 15) is 0 Å². The predicted octanol–water partition coefficient (Wildman–Crippen LogP) is 4.50. The van der Waals surface area contributed by atoms with Gasteiger partial charge in [0.15, 0.2) is 0 Å². The van der Waals surface area contributed by atoms with Crippen LogP contribution in [-0.4, -0.2) is 0 Å². The Morgan fingerprint density at radius 3 is 2.67 bits per heavy atom. The number of hydrogen-bond donors (Lipinski definition) is 0.